The standard InChI is InChI=1S/C31H42N6O4/c1-3-23(22-9-7-15-36(22)2)40-26-18-25(37-16-14-32-19-30(37)13-17-39-20-30)33-29(34-26)27-21-8-6-12-31(28(21)35-41-27)11-5-4-10-24(31)38/h3,18,22-23,32H,1,4-17,19-20H2,2H3/t22-,23-,30+,31+/m0/s1. The fourth-order valence-corrected chi connectivity index (χ4v) is 8.02. The van der Waals surface area contributed by atoms with E-state index < -0.39 is 5.41 Å². The van der Waals surface area contributed by atoms with Crippen molar-refractivity contribution in [2.75, 3.05) is 51.3 Å². The summed E-state index contributed by atoms with van der Waals surface area (Å²) in [5.41, 5.74) is 1.13. The van der Waals surface area contributed by atoms with Crippen molar-refractivity contribution in [1.82, 2.24) is 25.3 Å². The molecule has 2 aromatic rings. The molecule has 3 aliphatic heterocycles. The molecule has 4 atom stereocenters. The van der Waals surface area contributed by atoms with Crippen LogP contribution in [0.5, 0.6) is 5.88 Å². The van der Waals surface area contributed by atoms with E-state index >= 15 is 0 Å². The van der Waals surface area contributed by atoms with Crippen molar-refractivity contribution >= 4 is 11.6 Å². The molecule has 4 fully saturated rings. The average Bonchev–Trinajstić information content (AvgIpc) is 3.75. The van der Waals surface area contributed by atoms with E-state index in [1.165, 1.54) is 0 Å². The van der Waals surface area contributed by atoms with E-state index in [0.29, 0.717) is 36.3 Å². The van der Waals surface area contributed by atoms with Crippen LogP contribution < -0.4 is 15.0 Å². The van der Waals surface area contributed by atoms with Gasteiger partial charge in [0.1, 0.15) is 23.4 Å². The van der Waals surface area contributed by atoms with Gasteiger partial charge in [-0.1, -0.05) is 18.2 Å². The lowest BCUT2D eigenvalue weighted by Gasteiger charge is -2.45. The summed E-state index contributed by atoms with van der Waals surface area (Å²) in [6.07, 6.45) is 10.9. The first-order valence-electron chi connectivity index (χ1n) is 15.5. The van der Waals surface area contributed by atoms with Gasteiger partial charge < -0.3 is 24.2 Å². The van der Waals surface area contributed by atoms with Crippen LogP contribution in [0.2, 0.25) is 0 Å². The van der Waals surface area contributed by atoms with E-state index in [1.807, 2.05) is 12.1 Å². The summed E-state index contributed by atoms with van der Waals surface area (Å²) in [6, 6.07) is 2.22. The van der Waals surface area contributed by atoms with Crippen molar-refractivity contribution in [2.45, 2.75) is 87.3 Å². The number of ketones is 1. The van der Waals surface area contributed by atoms with Gasteiger partial charge in [-0.15, -0.1) is 0 Å². The summed E-state index contributed by atoms with van der Waals surface area (Å²) in [6.45, 7) is 9.05. The number of aromatic nitrogens is 3. The van der Waals surface area contributed by atoms with Crippen molar-refractivity contribution in [2.24, 2.45) is 0 Å². The summed E-state index contributed by atoms with van der Waals surface area (Å²) < 4.78 is 18.6. The smallest absolute Gasteiger partial charge is 0.219 e. The number of carbonyl (C=O) groups excluding carboxylic acids is 1. The fraction of sp³-hybridized carbons (Fsp3) is 0.677. The molecule has 7 rings (SSSR count). The van der Waals surface area contributed by atoms with E-state index in [-0.39, 0.29) is 17.7 Å². The monoisotopic (exact) mass is 562 g/mol. The molecule has 2 spiro atoms. The van der Waals surface area contributed by atoms with E-state index in [0.717, 1.165) is 108 Å². The van der Waals surface area contributed by atoms with Crippen molar-refractivity contribution in [3.05, 3.63) is 30.0 Å². The van der Waals surface area contributed by atoms with Gasteiger partial charge in [-0.2, -0.15) is 4.98 Å². The Morgan fingerprint density at radius 3 is 2.85 bits per heavy atom. The van der Waals surface area contributed by atoms with Crippen LogP contribution in [0.25, 0.3) is 11.6 Å². The van der Waals surface area contributed by atoms with E-state index in [9.17, 15) is 4.79 Å². The molecule has 2 aromatic heterocycles. The minimum atomic E-state index is -0.519. The Hall–Kier alpha value is -2.82. The number of nitrogens with zero attached hydrogens (tertiary/aromatic N) is 5. The molecule has 0 unspecified atom stereocenters. The Morgan fingerprint density at radius 2 is 2.07 bits per heavy atom. The summed E-state index contributed by atoms with van der Waals surface area (Å²) in [5.74, 6) is 2.67. The highest BCUT2D eigenvalue weighted by Crippen LogP contribution is 2.47. The summed E-state index contributed by atoms with van der Waals surface area (Å²) in [5, 5.41) is 8.13. The van der Waals surface area contributed by atoms with Gasteiger partial charge in [0.05, 0.1) is 23.6 Å². The maximum atomic E-state index is 13.3. The van der Waals surface area contributed by atoms with Crippen molar-refractivity contribution in [1.29, 1.82) is 0 Å². The van der Waals surface area contributed by atoms with E-state index in [4.69, 9.17) is 24.0 Å². The largest absolute Gasteiger partial charge is 0.468 e. The van der Waals surface area contributed by atoms with Crippen LogP contribution in [0.4, 0.5) is 5.82 Å². The van der Waals surface area contributed by atoms with Gasteiger partial charge in [0.25, 0.3) is 0 Å². The van der Waals surface area contributed by atoms with Crippen molar-refractivity contribution in [3.8, 4) is 17.5 Å². The Morgan fingerprint density at radius 1 is 1.17 bits per heavy atom. The van der Waals surface area contributed by atoms with E-state index in [1.54, 1.807) is 0 Å². The van der Waals surface area contributed by atoms with Gasteiger partial charge in [0.2, 0.25) is 17.5 Å². The maximum absolute atomic E-state index is 13.3. The number of carbonyl (C=O) groups is 1. The van der Waals surface area contributed by atoms with Crippen molar-refractivity contribution < 1.29 is 18.8 Å². The molecular formula is C31H42N6O4. The molecule has 0 aromatic carbocycles. The lowest BCUT2D eigenvalue weighted by Crippen LogP contribution is -2.62. The molecule has 1 saturated carbocycles. The number of rotatable bonds is 6. The molecule has 0 amide bonds. The van der Waals surface area contributed by atoms with Crippen LogP contribution >= 0.6 is 0 Å². The lowest BCUT2D eigenvalue weighted by molar-refractivity contribution is -0.127. The zero-order valence-corrected chi connectivity index (χ0v) is 24.2. The number of piperazine rings is 1. The predicted octanol–water partition coefficient (Wildman–Crippen LogP) is 3.45. The number of likely N-dealkylation sites (tertiary alicyclic amines) is 1. The molecule has 10 nitrogen and oxygen atoms in total. The molecule has 5 heterocycles. The van der Waals surface area contributed by atoms with Crippen LogP contribution in [-0.4, -0.2) is 89.9 Å². The minimum Gasteiger partial charge on any atom is -0.468 e. The highest BCUT2D eigenvalue weighted by Gasteiger charge is 2.48. The quantitative estimate of drug-likeness (QED) is 0.526. The third kappa shape index (κ3) is 4.58. The number of Topliss-reactive ketones (excluding diaryl/α,β-unsaturated/α-hetero) is 1. The second-order valence-electron chi connectivity index (χ2n) is 12.7. The average molecular weight is 563 g/mol. The van der Waals surface area contributed by atoms with Crippen molar-refractivity contribution in [3.63, 3.8) is 0 Å². The topological polar surface area (TPSA) is 106 Å². The molecule has 220 valence electrons. The van der Waals surface area contributed by atoms with Gasteiger partial charge in [0, 0.05) is 44.3 Å². The highest BCUT2D eigenvalue weighted by molar-refractivity contribution is 5.91. The first kappa shape index (κ1) is 27.0. The minimum absolute atomic E-state index is 0.163. The molecule has 3 saturated heterocycles. The normalized spacial score (nSPS) is 31.1. The first-order chi connectivity index (χ1) is 20.0. The lowest BCUT2D eigenvalue weighted by atomic mass is 9.64. The van der Waals surface area contributed by atoms with Crippen LogP contribution in [-0.2, 0) is 21.4 Å². The Bertz CT molecular complexity index is 1310. The molecule has 0 radical (unpaired) electrons. The zero-order valence-electron chi connectivity index (χ0n) is 24.2. The van der Waals surface area contributed by atoms with Gasteiger partial charge in [0.15, 0.2) is 0 Å². The second-order valence-corrected chi connectivity index (χ2v) is 12.7. The molecule has 10 heteroatoms. The van der Waals surface area contributed by atoms with Gasteiger partial charge in [-0.05, 0) is 71.0 Å². The number of nitrogens with one attached hydrogen (secondary N) is 1. The number of anilines is 1. The number of fused-ring (bicyclic) bond motifs is 2. The summed E-state index contributed by atoms with van der Waals surface area (Å²) in [4.78, 5) is 28.0. The predicted molar refractivity (Wildman–Crippen MR) is 154 cm³/mol. The van der Waals surface area contributed by atoms with Gasteiger partial charge >= 0.3 is 0 Å². The zero-order chi connectivity index (χ0) is 28.0. The maximum Gasteiger partial charge on any atom is 0.219 e. The highest BCUT2D eigenvalue weighted by atomic mass is 16.5. The Kier molecular flexibility index (Phi) is 7.11. The second kappa shape index (κ2) is 10.8. The fourth-order valence-electron chi connectivity index (χ4n) is 8.02. The molecular weight excluding hydrogens is 520 g/mol. The van der Waals surface area contributed by atoms with Crippen LogP contribution in [0.3, 0.4) is 0 Å². The number of hydrogen-bond acceptors (Lipinski definition) is 10. The molecule has 1 N–H and O–H groups in total. The van der Waals surface area contributed by atoms with Crippen LogP contribution in [0, 0.1) is 0 Å². The molecule has 2 aliphatic carbocycles. The van der Waals surface area contributed by atoms with Crippen LogP contribution in [0.15, 0.2) is 23.2 Å². The van der Waals surface area contributed by atoms with Crippen LogP contribution in [0.1, 0.15) is 69.0 Å². The first-order valence-corrected chi connectivity index (χ1v) is 15.5. The molecule has 5 aliphatic rings. The van der Waals surface area contributed by atoms with Gasteiger partial charge in [-0.3, -0.25) is 9.69 Å². The third-order valence-electron chi connectivity index (χ3n) is 10.3. The Balaban J connectivity index is 1.31. The molecule has 41 heavy (non-hydrogen) atoms. The summed E-state index contributed by atoms with van der Waals surface area (Å²) >= 11 is 0. The number of hydrogen-bond donors (Lipinski definition) is 1. The van der Waals surface area contributed by atoms with E-state index in [2.05, 4.69) is 33.9 Å². The van der Waals surface area contributed by atoms with Gasteiger partial charge in [-0.25, -0.2) is 4.98 Å². The third-order valence-corrected chi connectivity index (χ3v) is 10.3. The molecule has 0 bridgehead atoms. The SMILES string of the molecule is C=C[C@H](Oc1cc(N2CCNC[C@@]23CCOC3)nc(-c2onc3c2CCC[C@@]32CCCCC2=O)n1)[C@@H]1CCCN1C. The Labute approximate surface area is 241 Å². The number of likely N-dealkylation sites (N-methyl/N-ethyl adjacent to an activating group) is 1. The summed E-state index contributed by atoms with van der Waals surface area (Å²) in [7, 11) is 2.14. The number of ether oxygens (including phenoxy) is 2.